The van der Waals surface area contributed by atoms with Gasteiger partial charge in [0.15, 0.2) is 0 Å². The molecule has 0 amide bonds. The second-order valence-corrected chi connectivity index (χ2v) is 19.3. The third-order valence-electron chi connectivity index (χ3n) is 15.5. The summed E-state index contributed by atoms with van der Waals surface area (Å²) < 4.78 is 0. The molecular formula is C60H53N. The molecule has 0 radical (unpaired) electrons. The van der Waals surface area contributed by atoms with E-state index < -0.39 is 5.41 Å². The fraction of sp³-hybridized carbons (Fsp3) is 0.233. The Morgan fingerprint density at radius 2 is 1.07 bits per heavy atom. The van der Waals surface area contributed by atoms with Crippen LogP contribution in [-0.2, 0) is 10.8 Å². The largest absolute Gasteiger partial charge is 0.310 e. The van der Waals surface area contributed by atoms with Crippen molar-refractivity contribution in [1.82, 2.24) is 0 Å². The Balaban J connectivity index is 1.12. The molecule has 5 aliphatic rings. The zero-order chi connectivity index (χ0) is 40.7. The number of anilines is 3. The summed E-state index contributed by atoms with van der Waals surface area (Å²) in [6.07, 6.45) is 8.50. The summed E-state index contributed by atoms with van der Waals surface area (Å²) in [6.45, 7) is 4.68. The zero-order valence-corrected chi connectivity index (χ0v) is 35.4. The van der Waals surface area contributed by atoms with Crippen LogP contribution in [0, 0.1) is 17.8 Å². The molecule has 4 bridgehead atoms. The number of hydrogen-bond donors (Lipinski definition) is 0. The minimum absolute atomic E-state index is 0.342. The van der Waals surface area contributed by atoms with Gasteiger partial charge in [-0.25, -0.2) is 0 Å². The van der Waals surface area contributed by atoms with E-state index in [9.17, 15) is 0 Å². The van der Waals surface area contributed by atoms with Gasteiger partial charge in [-0.05, 0) is 159 Å². The van der Waals surface area contributed by atoms with E-state index in [0.29, 0.717) is 11.3 Å². The molecule has 298 valence electrons. The van der Waals surface area contributed by atoms with E-state index in [0.717, 1.165) is 17.8 Å². The predicted octanol–water partition coefficient (Wildman–Crippen LogP) is 15.9. The van der Waals surface area contributed by atoms with Gasteiger partial charge in [0.2, 0.25) is 0 Å². The molecule has 61 heavy (non-hydrogen) atoms. The minimum Gasteiger partial charge on any atom is -0.310 e. The van der Waals surface area contributed by atoms with Crippen molar-refractivity contribution in [1.29, 1.82) is 0 Å². The quantitative estimate of drug-likeness (QED) is 0.148. The van der Waals surface area contributed by atoms with E-state index in [1.165, 1.54) is 116 Å². The molecule has 8 aromatic rings. The van der Waals surface area contributed by atoms with Crippen molar-refractivity contribution in [2.45, 2.75) is 69.1 Å². The summed E-state index contributed by atoms with van der Waals surface area (Å²) in [5.41, 5.74) is 16.8. The van der Waals surface area contributed by atoms with Crippen molar-refractivity contribution in [3.05, 3.63) is 221 Å². The maximum Gasteiger partial charge on any atom is 0.0714 e. The molecule has 0 heterocycles. The van der Waals surface area contributed by atoms with Gasteiger partial charge in [0.25, 0.3) is 0 Å². The predicted molar refractivity (Wildman–Crippen MR) is 255 cm³/mol. The average Bonchev–Trinajstić information content (AvgIpc) is 3.60. The normalized spacial score (nSPS) is 21.7. The lowest BCUT2D eigenvalue weighted by Gasteiger charge is -2.57. The molecule has 0 spiro atoms. The molecule has 4 saturated carbocycles. The molecule has 5 aliphatic carbocycles. The highest BCUT2D eigenvalue weighted by molar-refractivity contribution is 6.05. The lowest BCUT2D eigenvalue weighted by atomic mass is 9.48. The van der Waals surface area contributed by atoms with Gasteiger partial charge in [-0.15, -0.1) is 0 Å². The van der Waals surface area contributed by atoms with Crippen LogP contribution in [0.2, 0.25) is 0 Å². The van der Waals surface area contributed by atoms with Gasteiger partial charge in [-0.1, -0.05) is 172 Å². The average molecular weight is 788 g/mol. The van der Waals surface area contributed by atoms with Gasteiger partial charge < -0.3 is 4.90 Å². The summed E-state index contributed by atoms with van der Waals surface area (Å²) in [7, 11) is 0. The SMILES string of the molecule is CC(C)c1cccc2c1-c1ccc(N(c3ccc(C45CC6CC(CC(C6)C4)C5)cc3)c3ccc4ccccc4c3-c3ccccc3)cc1C2(c1ccccc1)c1ccccc1. The van der Waals surface area contributed by atoms with Gasteiger partial charge in [0.05, 0.1) is 11.1 Å². The third-order valence-corrected chi connectivity index (χ3v) is 15.5. The number of rotatable bonds is 8. The molecule has 0 saturated heterocycles. The maximum atomic E-state index is 2.58. The summed E-state index contributed by atoms with van der Waals surface area (Å²) in [6, 6.07) is 71.6. The minimum atomic E-state index is -0.506. The van der Waals surface area contributed by atoms with Crippen molar-refractivity contribution in [3.63, 3.8) is 0 Å². The van der Waals surface area contributed by atoms with Gasteiger partial charge in [-0.2, -0.15) is 0 Å². The Bertz CT molecular complexity index is 2830. The molecule has 8 aromatic carbocycles. The van der Waals surface area contributed by atoms with Gasteiger partial charge in [0, 0.05) is 16.9 Å². The van der Waals surface area contributed by atoms with Crippen molar-refractivity contribution in [2.24, 2.45) is 17.8 Å². The highest BCUT2D eigenvalue weighted by atomic mass is 15.1. The van der Waals surface area contributed by atoms with E-state index >= 15 is 0 Å². The van der Waals surface area contributed by atoms with Crippen LogP contribution in [0.25, 0.3) is 33.0 Å². The molecular weight excluding hydrogens is 735 g/mol. The number of hydrogen-bond acceptors (Lipinski definition) is 1. The van der Waals surface area contributed by atoms with Crippen molar-refractivity contribution >= 4 is 27.8 Å². The second kappa shape index (κ2) is 14.2. The fourth-order valence-electron chi connectivity index (χ4n) is 13.4. The number of fused-ring (bicyclic) bond motifs is 4. The van der Waals surface area contributed by atoms with E-state index in [1.807, 2.05) is 0 Å². The first-order valence-electron chi connectivity index (χ1n) is 22.9. The first kappa shape index (κ1) is 36.7. The van der Waals surface area contributed by atoms with Crippen LogP contribution < -0.4 is 4.90 Å². The Morgan fingerprint density at radius 1 is 0.475 bits per heavy atom. The molecule has 13 rings (SSSR count). The molecule has 0 N–H and O–H groups in total. The Kier molecular flexibility index (Phi) is 8.53. The smallest absolute Gasteiger partial charge is 0.0714 e. The van der Waals surface area contributed by atoms with Crippen LogP contribution >= 0.6 is 0 Å². The monoisotopic (exact) mass is 787 g/mol. The molecule has 4 fully saturated rings. The van der Waals surface area contributed by atoms with Crippen molar-refractivity contribution in [2.75, 3.05) is 4.90 Å². The highest BCUT2D eigenvalue weighted by Gasteiger charge is 2.52. The lowest BCUT2D eigenvalue weighted by Crippen LogP contribution is -2.48. The molecule has 1 heteroatoms. The number of nitrogens with zero attached hydrogens (tertiary/aromatic N) is 1. The molecule has 1 nitrogen and oxygen atoms in total. The first-order valence-corrected chi connectivity index (χ1v) is 22.9. The van der Waals surface area contributed by atoms with Gasteiger partial charge >= 0.3 is 0 Å². The molecule has 0 aliphatic heterocycles. The zero-order valence-electron chi connectivity index (χ0n) is 35.4. The van der Waals surface area contributed by atoms with Crippen molar-refractivity contribution < 1.29 is 0 Å². The molecule has 0 aromatic heterocycles. The Morgan fingerprint density at radius 3 is 1.70 bits per heavy atom. The van der Waals surface area contributed by atoms with Gasteiger partial charge in [-0.3, -0.25) is 0 Å². The molecule has 0 atom stereocenters. The van der Waals surface area contributed by atoms with E-state index in [4.69, 9.17) is 0 Å². The summed E-state index contributed by atoms with van der Waals surface area (Å²) in [4.78, 5) is 2.58. The summed E-state index contributed by atoms with van der Waals surface area (Å²) >= 11 is 0. The van der Waals surface area contributed by atoms with E-state index in [2.05, 4.69) is 207 Å². The van der Waals surface area contributed by atoms with Gasteiger partial charge in [0.1, 0.15) is 0 Å². The number of benzene rings is 8. The first-order chi connectivity index (χ1) is 30.0. The van der Waals surface area contributed by atoms with Crippen LogP contribution in [-0.4, -0.2) is 0 Å². The molecule has 0 unspecified atom stereocenters. The van der Waals surface area contributed by atoms with E-state index in [1.54, 1.807) is 5.56 Å². The second-order valence-electron chi connectivity index (χ2n) is 19.3. The summed E-state index contributed by atoms with van der Waals surface area (Å²) in [5, 5.41) is 2.51. The topological polar surface area (TPSA) is 3.24 Å². The van der Waals surface area contributed by atoms with Crippen molar-refractivity contribution in [3.8, 4) is 22.3 Å². The summed E-state index contributed by atoms with van der Waals surface area (Å²) in [5.74, 6) is 3.11. The standard InChI is InChI=1S/C60H53N/c1-40(2)51-23-14-24-54-58(51)53-31-30-50(36-55(53)60(54,47-18-8-4-9-19-47)48-20-10-5-11-21-48)61(56-32-25-44-15-12-13-22-52(44)57(56)45-16-6-3-7-17-45)49-28-26-46(27-29-49)59-37-41-33-42(38-59)35-43(34-41)39-59/h3-32,36,40-43H,33-35,37-39H2,1-2H3. The lowest BCUT2D eigenvalue weighted by molar-refractivity contribution is -0.00518. The Labute approximate surface area is 361 Å². The van der Waals surface area contributed by atoms with Crippen LogP contribution in [0.3, 0.4) is 0 Å². The third kappa shape index (κ3) is 5.66. The maximum absolute atomic E-state index is 2.58. The van der Waals surface area contributed by atoms with E-state index in [-0.39, 0.29) is 0 Å². The van der Waals surface area contributed by atoms with Crippen LogP contribution in [0.1, 0.15) is 91.7 Å². The Hall–Kier alpha value is -6.18. The van der Waals surface area contributed by atoms with Crippen LogP contribution in [0.15, 0.2) is 188 Å². The van der Waals surface area contributed by atoms with Crippen LogP contribution in [0.5, 0.6) is 0 Å². The fourth-order valence-corrected chi connectivity index (χ4v) is 13.4. The van der Waals surface area contributed by atoms with Crippen LogP contribution in [0.4, 0.5) is 17.1 Å². The highest BCUT2D eigenvalue weighted by Crippen LogP contribution is 2.62.